The van der Waals surface area contributed by atoms with Gasteiger partial charge in [0.25, 0.3) is 28.5 Å². The first kappa shape index (κ1) is 88.7. The molecule has 10 aromatic carbocycles. The zero-order valence-corrected chi connectivity index (χ0v) is 73.0. The molecule has 0 spiro atoms. The maximum Gasteiger partial charge on any atom is 0.497 e. The number of fused-ring (bicyclic) bond motifs is 5. The van der Waals surface area contributed by atoms with Crippen LogP contribution in [0.2, 0.25) is 0 Å². The van der Waals surface area contributed by atoms with Crippen LogP contribution in [0.5, 0.6) is 0 Å². The van der Waals surface area contributed by atoms with Crippen molar-refractivity contribution in [2.24, 2.45) is 0 Å². The summed E-state index contributed by atoms with van der Waals surface area (Å²) in [5.41, 5.74) is 4.85. The van der Waals surface area contributed by atoms with Crippen LogP contribution in [0.1, 0.15) is 66.5 Å². The summed E-state index contributed by atoms with van der Waals surface area (Å²) in [6.07, 6.45) is 7.24. The number of alkyl halides is 1. The molecular weight excluding hydrogens is 1800 g/mol. The first-order chi connectivity index (χ1) is 57.3. The van der Waals surface area contributed by atoms with Gasteiger partial charge in [-0.1, -0.05) is 108 Å². The van der Waals surface area contributed by atoms with Crippen LogP contribution >= 0.6 is 47.8 Å². The third-order valence-electron chi connectivity index (χ3n) is 20.5. The van der Waals surface area contributed by atoms with E-state index in [0.29, 0.717) is 72.3 Å². The van der Waals surface area contributed by atoms with Gasteiger partial charge >= 0.3 is 7.12 Å². The molecule has 1 aliphatic heterocycles. The number of halogens is 8. The summed E-state index contributed by atoms with van der Waals surface area (Å²) in [5, 5.41) is 11.2. The summed E-state index contributed by atoms with van der Waals surface area (Å²) in [4.78, 5) is 66.1. The molecule has 5 aromatic heterocycles. The van der Waals surface area contributed by atoms with Crippen LogP contribution in [-0.2, 0) is 47.8 Å². The Morgan fingerprint density at radius 3 is 1.27 bits per heavy atom. The van der Waals surface area contributed by atoms with Crippen LogP contribution in [0.25, 0.3) is 88.0 Å². The largest absolute Gasteiger partial charge is 0.497 e. The molecule has 0 atom stereocenters. The van der Waals surface area contributed by atoms with Crippen LogP contribution in [0.3, 0.4) is 0 Å². The van der Waals surface area contributed by atoms with E-state index < -0.39 is 61.8 Å². The fourth-order valence-corrected chi connectivity index (χ4v) is 15.2. The van der Waals surface area contributed by atoms with Gasteiger partial charge in [-0.05, 0) is 212 Å². The zero-order valence-electron chi connectivity index (χ0n) is 66.7. The number of aromatic nitrogens is 3. The van der Waals surface area contributed by atoms with Crippen molar-refractivity contribution in [2.45, 2.75) is 57.3 Å². The van der Waals surface area contributed by atoms with Gasteiger partial charge in [-0.25, -0.2) is 38.8 Å². The first-order valence-electron chi connectivity index (χ1n) is 37.2. The Bertz CT molecular complexity index is 6870. The second-order valence-electron chi connectivity index (χ2n) is 29.2. The van der Waals surface area contributed by atoms with Crippen LogP contribution in [0.15, 0.2) is 269 Å². The fraction of sp³-hybridized carbons (Fsp3) is 0.167. The van der Waals surface area contributed by atoms with Gasteiger partial charge in [0.05, 0.1) is 59.3 Å². The van der Waals surface area contributed by atoms with E-state index in [1.54, 1.807) is 102 Å². The SMILES string of the molecule is CNC(=O)c1c(-c2ccc(F)cc2)oc2cc(N(C)S(C)(=O)=O)c(-c3ccc4ccn(Cc5ccc(F)cc5)c(=O)c4c3)cc12.CNC(=O)c1c(-c2ccc(F)cc2)oc2cc(N(C)S(C)(=O)=O)c(B3OC(C)(C)C(C)(C)O3)cc12.Fc1ccc(CBr)cc1.O=c1[nH]ccc2ccc(Br)cc12.O=c1c2cc(Br)ccc2ccn1Cc1ccc(F)cc1.[3HH]. The highest BCUT2D eigenvalue weighted by atomic mass is 79.9. The third kappa shape index (κ3) is 20.2. The Kier molecular flexibility index (Phi) is 27.0. The number of benzene rings is 10. The Balaban J connectivity index is 0.000000165. The van der Waals surface area contributed by atoms with E-state index in [2.05, 4.69) is 63.4 Å². The predicted octanol–water partition coefficient (Wildman–Crippen LogP) is 18.7. The highest BCUT2D eigenvalue weighted by Crippen LogP contribution is 2.44. The number of amides is 2. The number of anilines is 2. The number of hydrogen-bond donors (Lipinski definition) is 3. The number of nitrogens with one attached hydrogen (secondary N) is 3. The van der Waals surface area contributed by atoms with Crippen molar-refractivity contribution in [3.63, 3.8) is 0 Å². The van der Waals surface area contributed by atoms with Crippen molar-refractivity contribution in [3.05, 3.63) is 334 Å². The summed E-state index contributed by atoms with van der Waals surface area (Å²) in [6.45, 7) is 8.24. The lowest BCUT2D eigenvalue weighted by molar-refractivity contribution is 0.00578. The van der Waals surface area contributed by atoms with E-state index in [1.165, 1.54) is 124 Å². The number of rotatable bonds is 15. The number of hydrogen-bond acceptors (Lipinski definition) is 13. The summed E-state index contributed by atoms with van der Waals surface area (Å²) in [7, 11) is -2.51. The minimum absolute atomic E-state index is 0. The normalized spacial score (nSPS) is 12.8. The molecule has 6 heterocycles. The van der Waals surface area contributed by atoms with Crippen molar-refractivity contribution < 1.29 is 67.9 Å². The molecule has 2 amide bonds. The molecule has 15 aromatic rings. The van der Waals surface area contributed by atoms with Gasteiger partial charge in [0.1, 0.15) is 51.8 Å². The van der Waals surface area contributed by atoms with Crippen LogP contribution in [0, 0.1) is 29.1 Å². The van der Waals surface area contributed by atoms with Gasteiger partial charge in [-0.15, -0.1) is 0 Å². The minimum atomic E-state index is -3.75. The third-order valence-corrected chi connectivity index (χ3v) is 24.5. The van der Waals surface area contributed by atoms with Gasteiger partial charge in [-0.2, -0.15) is 0 Å². The quantitative estimate of drug-likeness (QED) is 0.0491. The molecule has 0 radical (unpaired) electrons. The van der Waals surface area contributed by atoms with E-state index in [9.17, 15) is 62.8 Å². The molecule has 121 heavy (non-hydrogen) atoms. The number of aromatic amines is 1. The molecule has 31 heteroatoms. The van der Waals surface area contributed by atoms with Crippen LogP contribution in [0.4, 0.5) is 33.3 Å². The highest BCUT2D eigenvalue weighted by Gasteiger charge is 2.53. The van der Waals surface area contributed by atoms with Gasteiger partial charge in [0.2, 0.25) is 20.0 Å². The molecule has 0 aliphatic carbocycles. The molecule has 1 saturated heterocycles. The fourth-order valence-electron chi connectivity index (χ4n) is 13.1. The maximum absolute atomic E-state index is 13.7. The monoisotopic (exact) mass is 1880 g/mol. The molecule has 0 unspecified atom stereocenters. The molecule has 1 aliphatic rings. The maximum atomic E-state index is 13.7. The molecule has 16 rings (SSSR count). The number of sulfonamides is 2. The van der Waals surface area contributed by atoms with Gasteiger partial charge in [0.15, 0.2) is 0 Å². The number of carbonyl (C=O) groups excluding carboxylic acids is 2. The van der Waals surface area contributed by atoms with Gasteiger partial charge < -0.3 is 42.9 Å². The van der Waals surface area contributed by atoms with Gasteiger partial charge in [-0.3, -0.25) is 32.6 Å². The predicted molar refractivity (Wildman–Crippen MR) is 480 cm³/mol. The lowest BCUT2D eigenvalue weighted by Gasteiger charge is -2.32. The van der Waals surface area contributed by atoms with Crippen molar-refractivity contribution in [3.8, 4) is 33.8 Å². The number of carbonyl (C=O) groups is 2. The van der Waals surface area contributed by atoms with E-state index in [0.717, 1.165) is 62.9 Å². The molecule has 0 bridgehead atoms. The Labute approximate surface area is 719 Å². The van der Waals surface area contributed by atoms with Crippen molar-refractivity contribution in [1.82, 2.24) is 24.8 Å². The Morgan fingerprint density at radius 1 is 0.471 bits per heavy atom. The second kappa shape index (κ2) is 36.8. The Morgan fingerprint density at radius 2 is 0.843 bits per heavy atom. The topological polar surface area (TPSA) is 255 Å². The lowest BCUT2D eigenvalue weighted by Crippen LogP contribution is -2.41. The number of furan rings is 2. The minimum Gasteiger partial charge on any atom is -0.455 e. The molecule has 3 N–H and O–H groups in total. The summed E-state index contributed by atoms with van der Waals surface area (Å²) < 4.78 is 148. The second-order valence-corrected chi connectivity index (χ2v) is 35.6. The number of H-pyrrole nitrogens is 1. The van der Waals surface area contributed by atoms with E-state index in [4.69, 9.17) is 18.1 Å². The van der Waals surface area contributed by atoms with E-state index in [-0.39, 0.29) is 81.6 Å². The smallest absolute Gasteiger partial charge is 0.455 e. The number of pyridine rings is 3. The van der Waals surface area contributed by atoms with Crippen molar-refractivity contribution in [2.75, 3.05) is 49.3 Å². The van der Waals surface area contributed by atoms with Crippen molar-refractivity contribution in [1.29, 1.82) is 0 Å². The van der Waals surface area contributed by atoms with Crippen molar-refractivity contribution >= 4 is 158 Å². The van der Waals surface area contributed by atoms with Crippen LogP contribution < -0.4 is 41.4 Å². The summed E-state index contributed by atoms with van der Waals surface area (Å²) in [6, 6.07) is 58.0. The molecular formula is C90H80BBr3F5N7O13S2. The molecule has 0 saturated carbocycles. The van der Waals surface area contributed by atoms with Crippen LogP contribution in [-0.4, -0.2) is 102 Å². The average molecular weight is 1880 g/mol. The Hall–Kier alpha value is -11.6. The lowest BCUT2D eigenvalue weighted by atomic mass is 9.77. The first-order valence-corrected chi connectivity index (χ1v) is 43.6. The zero-order chi connectivity index (χ0) is 87.3. The molecule has 624 valence electrons. The standard InChI is InChI=1S/C34H27F2N3O5S.C24H28BFN2O6S.C16H11BrFNO.C9H6BrNO.C7H6BrF.H2/c1-37-33(40)31-28-17-26(29(38(2)45(3,42)43)18-30(28)44-32(31)22-8-12-25(36)13-9-22)23-7-6-21-14-15-39(34(41)27(21)16-23)19-20-4-10-24(35)11-5-20;1-23(2)24(3,4)34-25(33-23)17-12-16-19(13-18(17)28(6)35(7,30)31)32-21(20(16)22(29)27-5)14-8-10-15(26)11-9-14;17-13-4-3-12-7-8-19(16(20)15(12)9-13)10-11-1-5-14(18)6-2-11;10-7-2-1-6-3-4-11-9(12)8(6)5-7;8-5-6-1-3-7(9)4-2-6;/h4-18H,19H2,1-3H3,(H,37,40);8-13H,1-7H3,(H,27,29);1-9H,10H2;1-5H,(H,11,12);1-4H,5H2;1H/i;;;;;1+2. The number of nitrogens with zero attached hydrogens (tertiary/aromatic N) is 4. The van der Waals surface area contributed by atoms with E-state index >= 15 is 0 Å². The highest BCUT2D eigenvalue weighted by molar-refractivity contribution is 9.10. The average Bonchev–Trinajstić information content (AvgIpc) is 1.48. The van der Waals surface area contributed by atoms with E-state index in [1.807, 2.05) is 76.2 Å². The summed E-state index contributed by atoms with van der Waals surface area (Å²) >= 11 is 9.95. The molecule has 1 fully saturated rings. The summed E-state index contributed by atoms with van der Waals surface area (Å²) in [5.74, 6) is -2.14. The van der Waals surface area contributed by atoms with Gasteiger partial charge in [0, 0.05) is 124 Å². The molecule has 20 nitrogen and oxygen atoms in total.